The van der Waals surface area contributed by atoms with E-state index in [1.54, 1.807) is 18.2 Å². The van der Waals surface area contributed by atoms with E-state index in [4.69, 9.17) is 14.6 Å². The van der Waals surface area contributed by atoms with Crippen LogP contribution in [0, 0.1) is 0 Å². The molecule has 1 aliphatic heterocycles. The van der Waals surface area contributed by atoms with Crippen LogP contribution < -0.4 is 10.6 Å². The minimum Gasteiger partial charge on any atom is -0.444 e. The molecule has 0 spiro atoms. The Balaban J connectivity index is 1.48. The van der Waals surface area contributed by atoms with Gasteiger partial charge in [0.05, 0.1) is 25.9 Å². The predicted molar refractivity (Wildman–Crippen MR) is 145 cm³/mol. The van der Waals surface area contributed by atoms with Crippen LogP contribution in [-0.4, -0.2) is 67.4 Å². The van der Waals surface area contributed by atoms with Gasteiger partial charge in [-0.25, -0.2) is 0 Å². The first kappa shape index (κ1) is 26.5. The molecule has 0 saturated carbocycles. The number of morpholine rings is 1. The van der Waals surface area contributed by atoms with Gasteiger partial charge in [0, 0.05) is 35.6 Å². The average Bonchev–Trinajstić information content (AvgIpc) is 2.94. The third-order valence-corrected chi connectivity index (χ3v) is 6.36. The summed E-state index contributed by atoms with van der Waals surface area (Å²) in [4.78, 5) is 28.2. The maximum atomic E-state index is 13.1. The highest BCUT2D eigenvalue weighted by Gasteiger charge is 2.24. The van der Waals surface area contributed by atoms with Crippen molar-refractivity contribution in [2.45, 2.75) is 19.6 Å². The molecule has 4 rings (SSSR count). The molecule has 4 N–H and O–H groups in total. The summed E-state index contributed by atoms with van der Waals surface area (Å²) in [6.07, 6.45) is 0. The first-order valence-electron chi connectivity index (χ1n) is 12.5. The van der Waals surface area contributed by atoms with E-state index in [0.717, 1.165) is 16.7 Å². The normalized spacial score (nSPS) is 14.6. The van der Waals surface area contributed by atoms with Crippen LogP contribution >= 0.6 is 0 Å². The smallest absolute Gasteiger partial charge is 0.255 e. The first-order valence-corrected chi connectivity index (χ1v) is 12.5. The number of amides is 2. The molecule has 1 atom stereocenters. The summed E-state index contributed by atoms with van der Waals surface area (Å²) in [5.41, 5.74) is 4.55. The molecule has 2 amide bonds. The zero-order chi connectivity index (χ0) is 26.0. The molecule has 1 fully saturated rings. The zero-order valence-corrected chi connectivity index (χ0v) is 21.0. The van der Waals surface area contributed by atoms with E-state index in [1.165, 1.54) is 0 Å². The number of hydrogen-bond acceptors (Lipinski definition) is 5. The van der Waals surface area contributed by atoms with Gasteiger partial charge in [-0.3, -0.25) is 14.5 Å². The van der Waals surface area contributed by atoms with Crippen molar-refractivity contribution in [3.8, 4) is 11.1 Å². The van der Waals surface area contributed by atoms with Crippen LogP contribution in [0.25, 0.3) is 11.1 Å². The van der Waals surface area contributed by atoms with Gasteiger partial charge in [-0.05, 0) is 42.3 Å². The van der Waals surface area contributed by atoms with Crippen LogP contribution in [0.2, 0.25) is 0 Å². The SMILES string of the molecule is CC(C(=O)Nc1cc(C(=O)Nc2ccc(-c3ccccc3)cc2)ccc1COCC[OH2+])N1CCOCC1. The van der Waals surface area contributed by atoms with E-state index >= 15 is 0 Å². The number of nitrogens with one attached hydrogen (secondary N) is 2. The van der Waals surface area contributed by atoms with E-state index in [2.05, 4.69) is 15.5 Å². The van der Waals surface area contributed by atoms with Crippen molar-refractivity contribution in [2.75, 3.05) is 50.2 Å². The van der Waals surface area contributed by atoms with Crippen molar-refractivity contribution >= 4 is 23.2 Å². The van der Waals surface area contributed by atoms with Gasteiger partial charge in [-0.15, -0.1) is 0 Å². The van der Waals surface area contributed by atoms with Crippen LogP contribution in [0.1, 0.15) is 22.8 Å². The van der Waals surface area contributed by atoms with Crippen LogP contribution in [0.4, 0.5) is 11.4 Å². The van der Waals surface area contributed by atoms with Crippen molar-refractivity contribution in [2.24, 2.45) is 0 Å². The van der Waals surface area contributed by atoms with Crippen LogP contribution in [-0.2, 0) is 20.9 Å². The van der Waals surface area contributed by atoms with Gasteiger partial charge in [-0.1, -0.05) is 48.5 Å². The van der Waals surface area contributed by atoms with Crippen molar-refractivity contribution in [3.63, 3.8) is 0 Å². The molecule has 0 aliphatic carbocycles. The Morgan fingerprint density at radius 3 is 2.38 bits per heavy atom. The standard InChI is InChI=1S/C29H33N3O5/c1-21(32-13-16-36-17-14-32)28(34)31-27-19-24(7-8-25(27)20-37-18-15-33)29(35)30-26-11-9-23(10-12-26)22-5-3-2-4-6-22/h2-12,19,21,33H,13-18,20H2,1H3,(H,30,35)(H,31,34)/p+1. The largest absolute Gasteiger partial charge is 0.444 e. The molecule has 3 aromatic carbocycles. The van der Waals surface area contributed by atoms with Gasteiger partial charge in [0.1, 0.15) is 6.61 Å². The Morgan fingerprint density at radius 1 is 0.973 bits per heavy atom. The molecule has 0 aromatic heterocycles. The summed E-state index contributed by atoms with van der Waals surface area (Å²) in [5, 5.41) is 13.2. The number of anilines is 2. The number of carbonyl (C=O) groups excluding carboxylic acids is 2. The molecule has 1 unspecified atom stereocenters. The van der Waals surface area contributed by atoms with Crippen molar-refractivity contribution in [3.05, 3.63) is 83.9 Å². The molecule has 8 heteroatoms. The van der Waals surface area contributed by atoms with E-state index in [-0.39, 0.29) is 31.1 Å². The van der Waals surface area contributed by atoms with Crippen LogP contribution in [0.5, 0.6) is 0 Å². The van der Waals surface area contributed by atoms with Crippen LogP contribution in [0.3, 0.4) is 0 Å². The number of carbonyl (C=O) groups is 2. The molecule has 1 aliphatic rings. The van der Waals surface area contributed by atoms with Crippen LogP contribution in [0.15, 0.2) is 72.8 Å². The lowest BCUT2D eigenvalue weighted by molar-refractivity contribution is -0.122. The highest BCUT2D eigenvalue weighted by molar-refractivity contribution is 6.06. The monoisotopic (exact) mass is 504 g/mol. The summed E-state index contributed by atoms with van der Waals surface area (Å²) in [6.45, 7) is 5.14. The Hall–Kier alpha value is -3.56. The number of rotatable bonds is 10. The van der Waals surface area contributed by atoms with Crippen molar-refractivity contribution < 1.29 is 24.2 Å². The quantitative estimate of drug-likeness (QED) is 0.325. The third kappa shape index (κ3) is 7.24. The molecule has 3 aromatic rings. The Kier molecular flexibility index (Phi) is 9.40. The number of ether oxygens (including phenoxy) is 2. The molecule has 0 radical (unpaired) electrons. The van der Waals surface area contributed by atoms with E-state index in [1.807, 2.05) is 61.5 Å². The molecular weight excluding hydrogens is 470 g/mol. The lowest BCUT2D eigenvalue weighted by Gasteiger charge is -2.31. The second-order valence-electron chi connectivity index (χ2n) is 8.89. The van der Waals surface area contributed by atoms with Gasteiger partial charge in [0.2, 0.25) is 5.91 Å². The lowest BCUT2D eigenvalue weighted by atomic mass is 10.1. The van der Waals surface area contributed by atoms with Gasteiger partial charge in [-0.2, -0.15) is 0 Å². The summed E-state index contributed by atoms with van der Waals surface area (Å²) < 4.78 is 10.9. The van der Waals surface area contributed by atoms with Crippen molar-refractivity contribution in [1.29, 1.82) is 0 Å². The minimum atomic E-state index is -0.341. The van der Waals surface area contributed by atoms with E-state index in [0.29, 0.717) is 49.8 Å². The van der Waals surface area contributed by atoms with E-state index < -0.39 is 0 Å². The second kappa shape index (κ2) is 13.1. The maximum absolute atomic E-state index is 13.1. The molecule has 194 valence electrons. The summed E-state index contributed by atoms with van der Waals surface area (Å²) in [5.74, 6) is -0.430. The molecular formula is C29H34N3O5+. The fourth-order valence-corrected chi connectivity index (χ4v) is 4.16. The summed E-state index contributed by atoms with van der Waals surface area (Å²) in [7, 11) is 0. The highest BCUT2D eigenvalue weighted by atomic mass is 16.5. The average molecular weight is 505 g/mol. The summed E-state index contributed by atoms with van der Waals surface area (Å²) in [6, 6.07) is 22.6. The molecule has 0 bridgehead atoms. The fraction of sp³-hybridized carbons (Fsp3) is 0.310. The van der Waals surface area contributed by atoms with Gasteiger partial charge >= 0.3 is 0 Å². The van der Waals surface area contributed by atoms with Crippen molar-refractivity contribution in [1.82, 2.24) is 4.90 Å². The number of benzene rings is 3. The molecule has 1 heterocycles. The lowest BCUT2D eigenvalue weighted by Crippen LogP contribution is -2.47. The fourth-order valence-electron chi connectivity index (χ4n) is 4.16. The van der Waals surface area contributed by atoms with E-state index in [9.17, 15) is 9.59 Å². The van der Waals surface area contributed by atoms with Gasteiger partial charge in [0.15, 0.2) is 6.61 Å². The molecule has 8 nitrogen and oxygen atoms in total. The number of nitrogens with zero attached hydrogens (tertiary/aromatic N) is 1. The number of hydrogen-bond donors (Lipinski definition) is 2. The van der Waals surface area contributed by atoms with Gasteiger partial charge < -0.3 is 25.2 Å². The summed E-state index contributed by atoms with van der Waals surface area (Å²) >= 11 is 0. The topological polar surface area (TPSA) is 103 Å². The zero-order valence-electron chi connectivity index (χ0n) is 21.0. The third-order valence-electron chi connectivity index (χ3n) is 6.36. The maximum Gasteiger partial charge on any atom is 0.255 e. The molecule has 1 saturated heterocycles. The Labute approximate surface area is 217 Å². The first-order chi connectivity index (χ1) is 18.0. The Morgan fingerprint density at radius 2 is 1.68 bits per heavy atom. The predicted octanol–water partition coefficient (Wildman–Crippen LogP) is 3.51. The minimum absolute atomic E-state index is 0.152. The molecule has 37 heavy (non-hydrogen) atoms. The second-order valence-corrected chi connectivity index (χ2v) is 8.89. The van der Waals surface area contributed by atoms with Gasteiger partial charge in [0.25, 0.3) is 5.91 Å². The Bertz CT molecular complexity index is 1180. The highest BCUT2D eigenvalue weighted by Crippen LogP contribution is 2.23.